The van der Waals surface area contributed by atoms with E-state index >= 15 is 0 Å². The Kier molecular flexibility index (Phi) is 5.13. The van der Waals surface area contributed by atoms with Crippen molar-refractivity contribution in [1.29, 1.82) is 0 Å². The van der Waals surface area contributed by atoms with Crippen LogP contribution < -0.4 is 14.8 Å². The van der Waals surface area contributed by atoms with Crippen molar-refractivity contribution in [3.63, 3.8) is 0 Å². The number of carbonyl (C=O) groups excluding carboxylic acids is 1. The molecule has 1 heterocycles. The fourth-order valence-electron chi connectivity index (χ4n) is 2.64. The summed E-state index contributed by atoms with van der Waals surface area (Å²) in [6.45, 7) is 2.03. The van der Waals surface area contributed by atoms with E-state index in [0.717, 1.165) is 18.9 Å². The summed E-state index contributed by atoms with van der Waals surface area (Å²) in [5.74, 6) is -0.413. The molecule has 0 saturated carbocycles. The number of nitrogens with one attached hydrogen (secondary N) is 2. The highest BCUT2D eigenvalue weighted by atomic mass is 32.2. The Morgan fingerprint density at radius 1 is 1.23 bits per heavy atom. The van der Waals surface area contributed by atoms with Crippen LogP contribution in [-0.2, 0) is 14.8 Å². The Morgan fingerprint density at radius 3 is 2.77 bits per heavy atom. The summed E-state index contributed by atoms with van der Waals surface area (Å²) in [6, 6.07) is 9.37. The van der Waals surface area contributed by atoms with Crippen molar-refractivity contribution < 1.29 is 22.3 Å². The third kappa shape index (κ3) is 3.96. The quantitative estimate of drug-likeness (QED) is 0.806. The van der Waals surface area contributed by atoms with E-state index in [1.807, 2.05) is 6.92 Å². The van der Waals surface area contributed by atoms with Crippen LogP contribution in [0, 0.1) is 5.82 Å². The molecule has 0 spiro atoms. The number of carbonyl (C=O) groups is 1. The lowest BCUT2D eigenvalue weighted by atomic mass is 10.1. The molecular formula is C18H19FN2O4S. The van der Waals surface area contributed by atoms with Crippen LogP contribution in [0.15, 0.2) is 47.4 Å². The molecule has 1 amide bonds. The predicted molar refractivity (Wildman–Crippen MR) is 96.2 cm³/mol. The summed E-state index contributed by atoms with van der Waals surface area (Å²) in [7, 11) is -3.93. The fourth-order valence-corrected chi connectivity index (χ4v) is 3.72. The lowest BCUT2D eigenvalue weighted by Gasteiger charge is -2.26. The molecule has 0 aliphatic carbocycles. The van der Waals surface area contributed by atoms with Gasteiger partial charge in [-0.2, -0.15) is 0 Å². The van der Waals surface area contributed by atoms with E-state index in [4.69, 9.17) is 4.74 Å². The van der Waals surface area contributed by atoms with Gasteiger partial charge in [-0.25, -0.2) is 12.8 Å². The zero-order valence-electron chi connectivity index (χ0n) is 14.2. The maximum absolute atomic E-state index is 13.2. The number of halogens is 1. The Bertz CT molecular complexity index is 931. The summed E-state index contributed by atoms with van der Waals surface area (Å²) in [4.78, 5) is 12.1. The molecule has 0 saturated heterocycles. The van der Waals surface area contributed by atoms with Crippen LogP contribution in [0.2, 0.25) is 0 Å². The summed E-state index contributed by atoms with van der Waals surface area (Å²) in [5.41, 5.74) is 0.410. The Labute approximate surface area is 151 Å². The molecule has 26 heavy (non-hydrogen) atoms. The molecule has 138 valence electrons. The third-order valence-corrected chi connectivity index (χ3v) is 5.36. The molecule has 1 aliphatic heterocycles. The highest BCUT2D eigenvalue weighted by molar-refractivity contribution is 7.92. The average Bonchev–Trinajstić information content (AvgIpc) is 2.59. The van der Waals surface area contributed by atoms with Crippen molar-refractivity contribution in [1.82, 2.24) is 0 Å². The van der Waals surface area contributed by atoms with Gasteiger partial charge in [-0.05, 0) is 49.2 Å². The van der Waals surface area contributed by atoms with Gasteiger partial charge in [0.05, 0.1) is 16.3 Å². The van der Waals surface area contributed by atoms with Gasteiger partial charge in [-0.3, -0.25) is 9.52 Å². The first kappa shape index (κ1) is 18.2. The van der Waals surface area contributed by atoms with Crippen molar-refractivity contribution in [2.45, 2.75) is 37.2 Å². The van der Waals surface area contributed by atoms with E-state index in [1.54, 1.807) is 0 Å². The minimum absolute atomic E-state index is 0.0589. The molecule has 0 aromatic heterocycles. The number of sulfonamides is 1. The number of hydrogen-bond acceptors (Lipinski definition) is 4. The molecule has 0 unspecified atom stereocenters. The smallest absolute Gasteiger partial charge is 0.265 e. The molecule has 8 heteroatoms. The minimum atomic E-state index is -3.93. The van der Waals surface area contributed by atoms with E-state index < -0.39 is 21.9 Å². The molecule has 6 nitrogen and oxygen atoms in total. The highest BCUT2D eigenvalue weighted by Crippen LogP contribution is 2.33. The van der Waals surface area contributed by atoms with Crippen LogP contribution in [-0.4, -0.2) is 20.4 Å². The number of fused-ring (bicyclic) bond motifs is 1. The number of anilines is 2. The molecule has 2 N–H and O–H groups in total. The van der Waals surface area contributed by atoms with Gasteiger partial charge in [0.25, 0.3) is 15.9 Å². The normalized spacial score (nSPS) is 16.4. The molecule has 2 aromatic rings. The highest BCUT2D eigenvalue weighted by Gasteiger charge is 2.28. The fraction of sp³-hybridized carbons (Fsp3) is 0.278. The number of rotatable bonds is 6. The van der Waals surface area contributed by atoms with Crippen LogP contribution in [0.1, 0.15) is 26.2 Å². The van der Waals surface area contributed by atoms with Gasteiger partial charge in [0.2, 0.25) is 0 Å². The first-order valence-corrected chi connectivity index (χ1v) is 9.77. The van der Waals surface area contributed by atoms with Gasteiger partial charge >= 0.3 is 0 Å². The number of hydrogen-bond donors (Lipinski definition) is 2. The molecule has 2 aromatic carbocycles. The minimum Gasteiger partial charge on any atom is -0.478 e. The molecule has 0 fully saturated rings. The topological polar surface area (TPSA) is 84.5 Å². The zero-order chi connectivity index (χ0) is 18.7. The standard InChI is InChI=1S/C18H19FN2O4S/c1-2-3-7-17-18(22)20-15-11-14(8-9-16(15)25-17)26(23,24)21-13-6-4-5-12(19)10-13/h4-6,8-11,17,21H,2-3,7H2,1H3,(H,20,22)/t17-/m1/s1. The monoisotopic (exact) mass is 378 g/mol. The van der Waals surface area contributed by atoms with Crippen molar-refractivity contribution in [3.8, 4) is 5.75 Å². The van der Waals surface area contributed by atoms with Crippen molar-refractivity contribution in [2.24, 2.45) is 0 Å². The largest absolute Gasteiger partial charge is 0.478 e. The summed E-state index contributed by atoms with van der Waals surface area (Å²) in [5, 5.41) is 2.69. The van der Waals surface area contributed by atoms with Gasteiger partial charge in [0.1, 0.15) is 11.6 Å². The molecular weight excluding hydrogens is 359 g/mol. The number of amides is 1. The lowest BCUT2D eigenvalue weighted by molar-refractivity contribution is -0.123. The van der Waals surface area contributed by atoms with E-state index in [2.05, 4.69) is 10.0 Å². The number of unbranched alkanes of at least 4 members (excludes halogenated alkanes) is 1. The summed E-state index contributed by atoms with van der Waals surface area (Å²) < 4.78 is 46.2. The summed E-state index contributed by atoms with van der Waals surface area (Å²) >= 11 is 0. The van der Waals surface area contributed by atoms with Crippen LogP contribution in [0.5, 0.6) is 5.75 Å². The van der Waals surface area contributed by atoms with Crippen LogP contribution in [0.25, 0.3) is 0 Å². The van der Waals surface area contributed by atoms with Crippen LogP contribution >= 0.6 is 0 Å². The van der Waals surface area contributed by atoms with Gasteiger partial charge in [-0.15, -0.1) is 0 Å². The Balaban J connectivity index is 1.82. The maximum atomic E-state index is 13.2. The second-order valence-corrected chi connectivity index (χ2v) is 7.69. The molecule has 3 rings (SSSR count). The summed E-state index contributed by atoms with van der Waals surface area (Å²) in [6.07, 6.45) is 1.83. The number of benzene rings is 2. The first-order valence-electron chi connectivity index (χ1n) is 8.29. The van der Waals surface area contributed by atoms with E-state index in [1.165, 1.54) is 36.4 Å². The molecule has 0 bridgehead atoms. The van der Waals surface area contributed by atoms with Crippen molar-refractivity contribution >= 4 is 27.3 Å². The van der Waals surface area contributed by atoms with E-state index in [9.17, 15) is 17.6 Å². The number of ether oxygens (including phenoxy) is 1. The molecule has 1 aliphatic rings. The van der Waals surface area contributed by atoms with Gasteiger partial charge in [0.15, 0.2) is 6.10 Å². The SMILES string of the molecule is CCCC[C@H]1Oc2ccc(S(=O)(=O)Nc3cccc(F)c3)cc2NC1=O. The predicted octanol–water partition coefficient (Wildman–Crippen LogP) is 3.52. The average molecular weight is 378 g/mol. The van der Waals surface area contributed by atoms with Crippen molar-refractivity contribution in [3.05, 3.63) is 48.3 Å². The van der Waals surface area contributed by atoms with E-state index in [0.29, 0.717) is 17.9 Å². The van der Waals surface area contributed by atoms with Gasteiger partial charge < -0.3 is 10.1 Å². The van der Waals surface area contributed by atoms with Crippen LogP contribution in [0.4, 0.5) is 15.8 Å². The second-order valence-electron chi connectivity index (χ2n) is 6.01. The second kappa shape index (κ2) is 7.33. The van der Waals surface area contributed by atoms with Gasteiger partial charge in [0, 0.05) is 0 Å². The maximum Gasteiger partial charge on any atom is 0.265 e. The lowest BCUT2D eigenvalue weighted by Crippen LogP contribution is -2.37. The molecule has 1 atom stereocenters. The molecule has 0 radical (unpaired) electrons. The first-order chi connectivity index (χ1) is 12.4. The Morgan fingerprint density at radius 2 is 2.04 bits per heavy atom. The van der Waals surface area contributed by atoms with Crippen LogP contribution in [0.3, 0.4) is 0 Å². The van der Waals surface area contributed by atoms with Gasteiger partial charge in [-0.1, -0.05) is 19.4 Å². The zero-order valence-corrected chi connectivity index (χ0v) is 15.0. The Hall–Kier alpha value is -2.61. The third-order valence-electron chi connectivity index (χ3n) is 3.98. The van der Waals surface area contributed by atoms with Crippen molar-refractivity contribution in [2.75, 3.05) is 10.0 Å². The van der Waals surface area contributed by atoms with E-state index in [-0.39, 0.29) is 16.5 Å².